The summed E-state index contributed by atoms with van der Waals surface area (Å²) in [5.74, 6) is 0.625. The molecular formula is C13H23N3S. The molecule has 1 N–H and O–H groups in total. The Hall–Kier alpha value is -0.480. The van der Waals surface area contributed by atoms with E-state index in [9.17, 15) is 0 Å². The highest BCUT2D eigenvalue weighted by Crippen LogP contribution is 2.49. The Balaban J connectivity index is 1.98. The van der Waals surface area contributed by atoms with Gasteiger partial charge in [0.15, 0.2) is 0 Å². The summed E-state index contributed by atoms with van der Waals surface area (Å²) in [6.45, 7) is 8.84. The molecule has 3 nitrogen and oxygen atoms in total. The lowest BCUT2D eigenvalue weighted by atomic mass is 9.82. The van der Waals surface area contributed by atoms with Crippen molar-refractivity contribution in [2.75, 3.05) is 6.54 Å². The predicted octanol–water partition coefficient (Wildman–Crippen LogP) is 3.33. The third-order valence-corrected chi connectivity index (χ3v) is 4.78. The van der Waals surface area contributed by atoms with Crippen molar-refractivity contribution in [1.82, 2.24) is 15.5 Å². The Morgan fingerprint density at radius 3 is 2.88 bits per heavy atom. The third-order valence-electron chi connectivity index (χ3n) is 3.74. The van der Waals surface area contributed by atoms with Gasteiger partial charge in [0, 0.05) is 12.5 Å². The van der Waals surface area contributed by atoms with Crippen LogP contribution in [0.25, 0.3) is 0 Å². The van der Waals surface area contributed by atoms with Crippen LogP contribution in [0.5, 0.6) is 0 Å². The molecule has 0 radical (unpaired) electrons. The molecule has 17 heavy (non-hydrogen) atoms. The normalized spacial score (nSPS) is 23.1. The van der Waals surface area contributed by atoms with Crippen molar-refractivity contribution in [2.45, 2.75) is 58.9 Å². The van der Waals surface area contributed by atoms with Gasteiger partial charge in [-0.1, -0.05) is 38.5 Å². The van der Waals surface area contributed by atoms with E-state index in [1.807, 2.05) is 0 Å². The Bertz CT molecular complexity index is 359. The fourth-order valence-electron chi connectivity index (χ4n) is 2.64. The van der Waals surface area contributed by atoms with Crippen LogP contribution in [-0.4, -0.2) is 16.7 Å². The van der Waals surface area contributed by atoms with E-state index in [0.717, 1.165) is 18.1 Å². The van der Waals surface area contributed by atoms with Gasteiger partial charge in [0.1, 0.15) is 10.0 Å². The molecule has 1 aromatic rings. The lowest BCUT2D eigenvalue weighted by Gasteiger charge is -2.24. The number of nitrogens with zero attached hydrogens (tertiary/aromatic N) is 2. The monoisotopic (exact) mass is 253 g/mol. The molecule has 96 valence electrons. The van der Waals surface area contributed by atoms with Gasteiger partial charge >= 0.3 is 0 Å². The molecule has 0 saturated heterocycles. The first-order valence-corrected chi connectivity index (χ1v) is 7.48. The number of hydrogen-bond donors (Lipinski definition) is 1. The number of hydrogen-bond acceptors (Lipinski definition) is 4. The van der Waals surface area contributed by atoms with E-state index in [4.69, 9.17) is 0 Å². The van der Waals surface area contributed by atoms with Crippen molar-refractivity contribution in [3.8, 4) is 0 Å². The van der Waals surface area contributed by atoms with Crippen LogP contribution in [0.2, 0.25) is 0 Å². The first-order valence-electron chi connectivity index (χ1n) is 6.66. The molecule has 0 aromatic carbocycles. The van der Waals surface area contributed by atoms with Crippen molar-refractivity contribution in [1.29, 1.82) is 0 Å². The smallest absolute Gasteiger partial charge is 0.131 e. The van der Waals surface area contributed by atoms with Crippen molar-refractivity contribution < 1.29 is 0 Å². The maximum Gasteiger partial charge on any atom is 0.131 e. The summed E-state index contributed by atoms with van der Waals surface area (Å²) in [4.78, 5) is 0. The summed E-state index contributed by atoms with van der Waals surface area (Å²) in [6, 6.07) is 0. The summed E-state index contributed by atoms with van der Waals surface area (Å²) < 4.78 is 0. The van der Waals surface area contributed by atoms with E-state index < -0.39 is 0 Å². The molecule has 1 fully saturated rings. The third kappa shape index (κ3) is 3.05. The average Bonchev–Trinajstić information content (AvgIpc) is 2.85. The molecule has 1 saturated carbocycles. The van der Waals surface area contributed by atoms with Crippen molar-refractivity contribution in [2.24, 2.45) is 5.41 Å². The maximum atomic E-state index is 4.40. The number of rotatable bonds is 5. The van der Waals surface area contributed by atoms with E-state index in [1.54, 1.807) is 11.3 Å². The van der Waals surface area contributed by atoms with Crippen LogP contribution in [0.4, 0.5) is 0 Å². The van der Waals surface area contributed by atoms with Crippen molar-refractivity contribution in [3.63, 3.8) is 0 Å². The quantitative estimate of drug-likeness (QED) is 0.818. The summed E-state index contributed by atoms with van der Waals surface area (Å²) >= 11 is 1.80. The number of nitrogens with one attached hydrogen (secondary N) is 1. The van der Waals surface area contributed by atoms with Crippen LogP contribution in [0.15, 0.2) is 0 Å². The van der Waals surface area contributed by atoms with E-state index >= 15 is 0 Å². The molecule has 1 atom stereocenters. The van der Waals surface area contributed by atoms with Crippen LogP contribution in [0, 0.1) is 5.41 Å². The molecule has 0 spiro atoms. The SMILES string of the molecule is CCCNCc1nnc(C2CCCC2(C)C)s1. The van der Waals surface area contributed by atoms with Gasteiger partial charge in [-0.05, 0) is 31.2 Å². The second kappa shape index (κ2) is 5.44. The zero-order valence-corrected chi connectivity index (χ0v) is 11.9. The second-order valence-corrected chi connectivity index (χ2v) is 6.74. The minimum Gasteiger partial charge on any atom is -0.310 e. The van der Waals surface area contributed by atoms with Gasteiger partial charge in [0.2, 0.25) is 0 Å². The van der Waals surface area contributed by atoms with Crippen LogP contribution in [0.1, 0.15) is 62.4 Å². The van der Waals surface area contributed by atoms with Gasteiger partial charge in [-0.2, -0.15) is 0 Å². The van der Waals surface area contributed by atoms with E-state index in [1.165, 1.54) is 30.7 Å². The first-order chi connectivity index (χ1) is 8.13. The highest BCUT2D eigenvalue weighted by atomic mass is 32.1. The molecule has 4 heteroatoms. The summed E-state index contributed by atoms with van der Waals surface area (Å²) in [5, 5.41) is 14.5. The zero-order valence-electron chi connectivity index (χ0n) is 11.1. The lowest BCUT2D eigenvalue weighted by Crippen LogP contribution is -2.15. The van der Waals surface area contributed by atoms with Gasteiger partial charge in [0.05, 0.1) is 0 Å². The Labute approximate surface area is 108 Å². The fraction of sp³-hybridized carbons (Fsp3) is 0.846. The standard InChI is InChI=1S/C13H23N3S/c1-4-8-14-9-11-15-16-12(17-11)10-6-5-7-13(10,2)3/h10,14H,4-9H2,1-3H3. The Morgan fingerprint density at radius 1 is 1.41 bits per heavy atom. The first kappa shape index (κ1) is 13.0. The largest absolute Gasteiger partial charge is 0.310 e. The van der Waals surface area contributed by atoms with Crippen LogP contribution in [0.3, 0.4) is 0 Å². The predicted molar refractivity (Wildman–Crippen MR) is 72.3 cm³/mol. The van der Waals surface area contributed by atoms with Gasteiger partial charge in [-0.25, -0.2) is 0 Å². The lowest BCUT2D eigenvalue weighted by molar-refractivity contribution is 0.330. The summed E-state index contributed by atoms with van der Waals surface area (Å²) in [6.07, 6.45) is 5.10. The maximum absolute atomic E-state index is 4.40. The Morgan fingerprint density at radius 2 is 2.24 bits per heavy atom. The van der Waals surface area contributed by atoms with Gasteiger partial charge in [0.25, 0.3) is 0 Å². The average molecular weight is 253 g/mol. The second-order valence-electron chi connectivity index (χ2n) is 5.64. The van der Waals surface area contributed by atoms with Gasteiger partial charge in [-0.3, -0.25) is 0 Å². The molecule has 2 rings (SSSR count). The van der Waals surface area contributed by atoms with Gasteiger partial charge in [-0.15, -0.1) is 10.2 Å². The molecule has 0 aliphatic heterocycles. The van der Waals surface area contributed by atoms with Crippen LogP contribution < -0.4 is 5.32 Å². The highest BCUT2D eigenvalue weighted by molar-refractivity contribution is 7.11. The van der Waals surface area contributed by atoms with E-state index in [2.05, 4.69) is 36.3 Å². The van der Waals surface area contributed by atoms with Crippen LogP contribution >= 0.6 is 11.3 Å². The minimum atomic E-state index is 0.410. The van der Waals surface area contributed by atoms with Gasteiger partial charge < -0.3 is 5.32 Å². The summed E-state index contributed by atoms with van der Waals surface area (Å²) in [7, 11) is 0. The molecular weight excluding hydrogens is 230 g/mol. The molecule has 1 aromatic heterocycles. The fourth-order valence-corrected chi connectivity index (χ4v) is 3.79. The molecule has 1 aliphatic rings. The minimum absolute atomic E-state index is 0.410. The molecule has 1 unspecified atom stereocenters. The molecule has 1 aliphatic carbocycles. The molecule has 0 amide bonds. The van der Waals surface area contributed by atoms with Crippen molar-refractivity contribution in [3.05, 3.63) is 10.0 Å². The number of aromatic nitrogens is 2. The van der Waals surface area contributed by atoms with Crippen molar-refractivity contribution >= 4 is 11.3 Å². The van der Waals surface area contributed by atoms with E-state index in [-0.39, 0.29) is 0 Å². The summed E-state index contributed by atoms with van der Waals surface area (Å²) in [5.41, 5.74) is 0.410. The van der Waals surface area contributed by atoms with Crippen LogP contribution in [-0.2, 0) is 6.54 Å². The molecule has 0 bridgehead atoms. The van der Waals surface area contributed by atoms with E-state index in [0.29, 0.717) is 11.3 Å². The zero-order chi connectivity index (χ0) is 12.3. The Kier molecular flexibility index (Phi) is 4.15. The highest BCUT2D eigenvalue weighted by Gasteiger charge is 2.37. The topological polar surface area (TPSA) is 37.8 Å². The molecule has 1 heterocycles.